The molecule has 0 aliphatic heterocycles. The van der Waals surface area contributed by atoms with Crippen LogP contribution in [-0.2, 0) is 0 Å². The molecule has 1 rings (SSSR count). The predicted octanol–water partition coefficient (Wildman–Crippen LogP) is 0.974. The second-order valence-electron chi connectivity index (χ2n) is 3.43. The smallest absolute Gasteiger partial charge is 0.492 e. The predicted molar refractivity (Wildman–Crippen MR) is 59.9 cm³/mol. The third-order valence-electron chi connectivity index (χ3n) is 2.02. The van der Waals surface area contributed by atoms with Gasteiger partial charge >= 0.3 is 58.4 Å². The van der Waals surface area contributed by atoms with Crippen molar-refractivity contribution in [3.8, 4) is 5.75 Å². The zero-order chi connectivity index (χ0) is 12.3. The molecule has 1 nitrogen and oxygen atoms in total. The van der Waals surface area contributed by atoms with Gasteiger partial charge in [-0.1, -0.05) is 11.6 Å². The van der Waals surface area contributed by atoms with E-state index in [-0.39, 0.29) is 51.4 Å². The molecule has 1 aromatic carbocycles. The Labute approximate surface area is 146 Å². The van der Waals surface area contributed by atoms with Crippen LogP contribution in [-0.4, -0.2) is 13.6 Å². The molecule has 7 heteroatoms. The van der Waals surface area contributed by atoms with E-state index in [2.05, 4.69) is 6.58 Å². The van der Waals surface area contributed by atoms with Crippen LogP contribution in [0.2, 0.25) is 5.02 Å². The largest absolute Gasteiger partial charge is 1.00 e. The zero-order valence-electron chi connectivity index (χ0n) is 9.64. The van der Waals surface area contributed by atoms with Gasteiger partial charge in [-0.15, -0.1) is 12.1 Å². The van der Waals surface area contributed by atoms with Crippen molar-refractivity contribution < 1.29 is 69.1 Å². The standard InChI is InChI=1S/C10H10BClF3O.K/c1-7-5-9(3-4-10(7)12)16-6-8(2)11(13,14)15;/h3-5H,2,6H2,1H3;/q-1;+1. The van der Waals surface area contributed by atoms with Gasteiger partial charge in [0.25, 0.3) is 0 Å². The number of rotatable bonds is 4. The molecule has 0 heterocycles. The second-order valence-corrected chi connectivity index (χ2v) is 3.84. The van der Waals surface area contributed by atoms with Gasteiger partial charge in [0.1, 0.15) is 5.75 Å². The van der Waals surface area contributed by atoms with E-state index in [4.69, 9.17) is 16.3 Å². The summed E-state index contributed by atoms with van der Waals surface area (Å²) in [6, 6.07) is 4.68. The van der Waals surface area contributed by atoms with Crippen molar-refractivity contribution in [1.29, 1.82) is 0 Å². The Kier molecular flexibility index (Phi) is 7.44. The minimum atomic E-state index is -5.03. The van der Waals surface area contributed by atoms with Crippen molar-refractivity contribution >= 4 is 18.6 Å². The summed E-state index contributed by atoms with van der Waals surface area (Å²) in [7, 11) is 0. The van der Waals surface area contributed by atoms with Crippen molar-refractivity contribution in [2.45, 2.75) is 6.92 Å². The van der Waals surface area contributed by atoms with Crippen LogP contribution in [0, 0.1) is 6.92 Å². The SMILES string of the molecule is C=C(COc1ccc(Cl)c(C)c1)[B-](F)(F)F.[K+]. The molecule has 0 amide bonds. The molecule has 0 N–H and O–H groups in total. The molecule has 17 heavy (non-hydrogen) atoms. The van der Waals surface area contributed by atoms with Crippen LogP contribution in [0.25, 0.3) is 0 Å². The topological polar surface area (TPSA) is 9.23 Å². The molecule has 0 spiro atoms. The first-order chi connectivity index (χ1) is 7.30. The second kappa shape index (κ2) is 7.21. The van der Waals surface area contributed by atoms with Crippen LogP contribution < -0.4 is 56.1 Å². The van der Waals surface area contributed by atoms with Crippen LogP contribution in [0.5, 0.6) is 5.75 Å². The van der Waals surface area contributed by atoms with Crippen LogP contribution >= 0.6 is 11.6 Å². The van der Waals surface area contributed by atoms with Crippen molar-refractivity contribution in [2.75, 3.05) is 6.61 Å². The number of ether oxygens (including phenoxy) is 1. The van der Waals surface area contributed by atoms with E-state index in [9.17, 15) is 12.9 Å². The van der Waals surface area contributed by atoms with Gasteiger partial charge in [0.05, 0.1) is 6.61 Å². The number of halogens is 4. The van der Waals surface area contributed by atoms with Gasteiger partial charge in [-0.2, -0.15) is 0 Å². The number of hydrogen-bond acceptors (Lipinski definition) is 1. The van der Waals surface area contributed by atoms with Gasteiger partial charge in [0.2, 0.25) is 0 Å². The molecule has 0 unspecified atom stereocenters. The summed E-state index contributed by atoms with van der Waals surface area (Å²) in [5.74, 6) is 0.350. The number of hydrogen-bond donors (Lipinski definition) is 0. The first-order valence-electron chi connectivity index (χ1n) is 4.57. The fourth-order valence-electron chi connectivity index (χ4n) is 0.977. The van der Waals surface area contributed by atoms with Gasteiger partial charge in [-0.25, -0.2) is 0 Å². The average Bonchev–Trinajstić information content (AvgIpc) is 2.18. The minimum Gasteiger partial charge on any atom is -0.492 e. The number of aryl methyl sites for hydroxylation is 1. The molecule has 0 radical (unpaired) electrons. The van der Waals surface area contributed by atoms with Crippen LogP contribution in [0.15, 0.2) is 30.3 Å². The Morgan fingerprint density at radius 1 is 1.41 bits per heavy atom. The summed E-state index contributed by atoms with van der Waals surface area (Å²) < 4.78 is 41.4. The van der Waals surface area contributed by atoms with E-state index in [1.807, 2.05) is 0 Å². The van der Waals surface area contributed by atoms with Crippen molar-refractivity contribution in [2.24, 2.45) is 0 Å². The monoisotopic (exact) mass is 288 g/mol. The maximum Gasteiger partial charge on any atom is 1.00 e. The van der Waals surface area contributed by atoms with Crippen molar-refractivity contribution in [1.82, 2.24) is 0 Å². The van der Waals surface area contributed by atoms with E-state index in [0.717, 1.165) is 5.56 Å². The fourth-order valence-corrected chi connectivity index (χ4v) is 1.10. The first kappa shape index (κ1) is 17.5. The van der Waals surface area contributed by atoms with E-state index in [1.54, 1.807) is 19.1 Å². The van der Waals surface area contributed by atoms with Crippen molar-refractivity contribution in [3.63, 3.8) is 0 Å². The Hall–Kier alpha value is 0.541. The summed E-state index contributed by atoms with van der Waals surface area (Å²) >= 11 is 5.77. The van der Waals surface area contributed by atoms with E-state index < -0.39 is 19.1 Å². The molecular weight excluding hydrogens is 278 g/mol. The molecule has 0 aliphatic carbocycles. The molecule has 1 aromatic rings. The molecule has 0 fully saturated rings. The Morgan fingerprint density at radius 3 is 2.47 bits per heavy atom. The van der Waals surface area contributed by atoms with E-state index >= 15 is 0 Å². The molecular formula is C10H10BClF3KO. The van der Waals surface area contributed by atoms with Gasteiger partial charge in [-0.05, 0) is 30.7 Å². The van der Waals surface area contributed by atoms with Crippen LogP contribution in [0.4, 0.5) is 12.9 Å². The summed E-state index contributed by atoms with van der Waals surface area (Å²) in [5.41, 5.74) is -0.102. The minimum absolute atomic E-state index is 0. The zero-order valence-corrected chi connectivity index (χ0v) is 13.5. The van der Waals surface area contributed by atoms with Crippen LogP contribution in [0.1, 0.15) is 5.56 Å². The maximum absolute atomic E-state index is 12.2. The fraction of sp³-hybridized carbons (Fsp3) is 0.200. The molecule has 88 valence electrons. The Morgan fingerprint density at radius 2 is 2.00 bits per heavy atom. The average molecular weight is 289 g/mol. The molecule has 0 aromatic heterocycles. The quantitative estimate of drug-likeness (QED) is 0.751. The van der Waals surface area contributed by atoms with E-state index in [0.29, 0.717) is 10.8 Å². The van der Waals surface area contributed by atoms with Gasteiger partial charge < -0.3 is 17.7 Å². The summed E-state index contributed by atoms with van der Waals surface area (Å²) in [6.45, 7) is -0.902. The Balaban J connectivity index is 0.00000256. The number of benzene rings is 1. The molecule has 0 bridgehead atoms. The molecule has 0 saturated heterocycles. The molecule has 0 atom stereocenters. The maximum atomic E-state index is 12.2. The van der Waals surface area contributed by atoms with Gasteiger partial charge in [0, 0.05) is 5.02 Å². The van der Waals surface area contributed by atoms with E-state index in [1.165, 1.54) is 6.07 Å². The first-order valence-corrected chi connectivity index (χ1v) is 4.95. The Bertz CT molecular complexity index is 409. The summed E-state index contributed by atoms with van der Waals surface area (Å²) in [4.78, 5) is 0. The summed E-state index contributed by atoms with van der Waals surface area (Å²) in [5, 5.41) is 0.547. The van der Waals surface area contributed by atoms with Crippen molar-refractivity contribution in [3.05, 3.63) is 40.8 Å². The summed E-state index contributed by atoms with van der Waals surface area (Å²) in [6.07, 6.45) is 0. The normalized spacial score (nSPS) is 10.6. The van der Waals surface area contributed by atoms with Crippen LogP contribution in [0.3, 0.4) is 0 Å². The van der Waals surface area contributed by atoms with Gasteiger partial charge in [0.15, 0.2) is 0 Å². The molecule has 0 saturated carbocycles. The molecule has 0 aliphatic rings. The third-order valence-corrected chi connectivity index (χ3v) is 2.44. The van der Waals surface area contributed by atoms with Gasteiger partial charge in [-0.3, -0.25) is 0 Å². The third kappa shape index (κ3) is 5.81.